The maximum absolute atomic E-state index is 13.0. The quantitative estimate of drug-likeness (QED) is 0.738. The lowest BCUT2D eigenvalue weighted by molar-refractivity contribution is 0.371. The van der Waals surface area contributed by atoms with Crippen LogP contribution >= 0.6 is 34.2 Å². The highest BCUT2D eigenvalue weighted by Crippen LogP contribution is 2.34. The van der Waals surface area contributed by atoms with Crippen LogP contribution in [0.3, 0.4) is 0 Å². The van der Waals surface area contributed by atoms with Crippen LogP contribution in [0.4, 0.5) is 10.1 Å². The van der Waals surface area contributed by atoms with Crippen LogP contribution in [0.15, 0.2) is 30.3 Å². The van der Waals surface area contributed by atoms with Gasteiger partial charge in [-0.15, -0.1) is 0 Å². The Bertz CT molecular complexity index is 637. The summed E-state index contributed by atoms with van der Waals surface area (Å²) in [6.07, 6.45) is 0. The Hall–Kier alpha value is -1.21. The summed E-state index contributed by atoms with van der Waals surface area (Å²) in [5.74, 6) is 0.0804. The Balaban J connectivity index is 2.20. The van der Waals surface area contributed by atoms with Gasteiger partial charge in [-0.3, -0.25) is 0 Å². The van der Waals surface area contributed by atoms with Crippen LogP contribution in [0, 0.1) is 9.39 Å². The van der Waals surface area contributed by atoms with Crippen molar-refractivity contribution in [3.63, 3.8) is 0 Å². The second-order valence-corrected chi connectivity index (χ2v) is 5.69. The van der Waals surface area contributed by atoms with Crippen molar-refractivity contribution < 1.29 is 14.2 Å². The largest absolute Gasteiger partial charge is 0.504 e. The van der Waals surface area contributed by atoms with Crippen molar-refractivity contribution in [1.82, 2.24) is 0 Å². The van der Waals surface area contributed by atoms with Gasteiger partial charge in [-0.25, -0.2) is 4.39 Å². The molecule has 0 saturated carbocycles. The van der Waals surface area contributed by atoms with Crippen LogP contribution in [0.2, 0.25) is 5.02 Å². The molecule has 0 amide bonds. The first-order chi connectivity index (χ1) is 9.51. The SMILES string of the molecule is COc1cc(Cl)cc(CNc2ccc(F)cc2I)c1O. The summed E-state index contributed by atoms with van der Waals surface area (Å²) in [6.45, 7) is 0.352. The van der Waals surface area contributed by atoms with Crippen molar-refractivity contribution in [3.05, 3.63) is 50.3 Å². The molecule has 2 N–H and O–H groups in total. The number of rotatable bonds is 4. The smallest absolute Gasteiger partial charge is 0.162 e. The van der Waals surface area contributed by atoms with E-state index in [2.05, 4.69) is 5.32 Å². The average Bonchev–Trinajstić information content (AvgIpc) is 2.41. The summed E-state index contributed by atoms with van der Waals surface area (Å²) < 4.78 is 18.8. The molecule has 106 valence electrons. The van der Waals surface area contributed by atoms with Crippen molar-refractivity contribution in [2.24, 2.45) is 0 Å². The third kappa shape index (κ3) is 3.46. The summed E-state index contributed by atoms with van der Waals surface area (Å²) in [7, 11) is 1.46. The van der Waals surface area contributed by atoms with Crippen molar-refractivity contribution in [3.8, 4) is 11.5 Å². The van der Waals surface area contributed by atoms with Crippen LogP contribution in [0.25, 0.3) is 0 Å². The number of phenols is 1. The number of benzene rings is 2. The molecule has 0 aliphatic rings. The van der Waals surface area contributed by atoms with Gasteiger partial charge >= 0.3 is 0 Å². The predicted octanol–water partition coefficient (Wildman–Crippen LogP) is 4.41. The van der Waals surface area contributed by atoms with Crippen LogP contribution in [-0.2, 0) is 6.54 Å². The minimum absolute atomic E-state index is 0.0431. The highest BCUT2D eigenvalue weighted by Gasteiger charge is 2.10. The molecule has 0 fully saturated rings. The van der Waals surface area contributed by atoms with Gasteiger partial charge in [0.25, 0.3) is 0 Å². The summed E-state index contributed by atoms with van der Waals surface area (Å²) in [6, 6.07) is 7.66. The van der Waals surface area contributed by atoms with E-state index >= 15 is 0 Å². The third-order valence-electron chi connectivity index (χ3n) is 2.74. The van der Waals surface area contributed by atoms with Crippen LogP contribution in [0.1, 0.15) is 5.56 Å². The molecule has 3 nitrogen and oxygen atoms in total. The standard InChI is InChI=1S/C14H12ClFINO2/c1-20-13-5-9(15)4-8(14(13)19)7-18-12-3-2-10(16)6-11(12)17/h2-6,18-19H,7H2,1H3. The normalized spacial score (nSPS) is 10.4. The van der Waals surface area contributed by atoms with E-state index in [1.807, 2.05) is 22.6 Å². The molecule has 0 heterocycles. The van der Waals surface area contributed by atoms with Gasteiger partial charge in [-0.2, -0.15) is 0 Å². The fourth-order valence-electron chi connectivity index (χ4n) is 1.74. The number of ether oxygens (including phenoxy) is 1. The maximum atomic E-state index is 13.0. The van der Waals surface area contributed by atoms with Crippen molar-refractivity contribution in [2.45, 2.75) is 6.54 Å². The number of hydrogen-bond acceptors (Lipinski definition) is 3. The summed E-state index contributed by atoms with van der Waals surface area (Å²) in [5.41, 5.74) is 1.39. The molecule has 0 spiro atoms. The van der Waals surface area contributed by atoms with E-state index in [-0.39, 0.29) is 11.6 Å². The molecule has 0 unspecified atom stereocenters. The molecule has 0 aromatic heterocycles. The van der Waals surface area contributed by atoms with E-state index in [1.54, 1.807) is 18.2 Å². The second-order valence-electron chi connectivity index (χ2n) is 4.09. The van der Waals surface area contributed by atoms with Gasteiger partial charge in [0.05, 0.1) is 7.11 Å². The zero-order valence-electron chi connectivity index (χ0n) is 10.6. The van der Waals surface area contributed by atoms with Gasteiger partial charge in [0.2, 0.25) is 0 Å². The maximum Gasteiger partial charge on any atom is 0.162 e. The Morgan fingerprint density at radius 3 is 2.75 bits per heavy atom. The Labute approximate surface area is 134 Å². The molecular formula is C14H12ClFINO2. The van der Waals surface area contributed by atoms with E-state index in [1.165, 1.54) is 19.2 Å². The Morgan fingerprint density at radius 2 is 2.10 bits per heavy atom. The molecule has 20 heavy (non-hydrogen) atoms. The molecule has 0 atom stereocenters. The molecule has 2 rings (SSSR count). The number of halogens is 3. The van der Waals surface area contributed by atoms with Crippen LogP contribution < -0.4 is 10.1 Å². The van der Waals surface area contributed by atoms with Gasteiger partial charge in [0.1, 0.15) is 5.82 Å². The van der Waals surface area contributed by atoms with Gasteiger partial charge in [-0.05, 0) is 46.9 Å². The Morgan fingerprint density at radius 1 is 1.35 bits per heavy atom. The second kappa shape index (κ2) is 6.49. The van der Waals surface area contributed by atoms with Gasteiger partial charge in [0, 0.05) is 32.5 Å². The van der Waals surface area contributed by atoms with Crippen molar-refractivity contribution in [1.29, 1.82) is 0 Å². The molecule has 2 aromatic rings. The number of phenolic OH excluding ortho intramolecular Hbond substituents is 1. The summed E-state index contributed by atoms with van der Waals surface area (Å²) >= 11 is 8.01. The van der Waals surface area contributed by atoms with E-state index in [0.717, 1.165) is 9.26 Å². The fourth-order valence-corrected chi connectivity index (χ4v) is 2.64. The molecule has 0 bridgehead atoms. The molecule has 2 aromatic carbocycles. The van der Waals surface area contributed by atoms with Crippen LogP contribution in [0.5, 0.6) is 11.5 Å². The summed E-state index contributed by atoms with van der Waals surface area (Å²) in [5, 5.41) is 13.6. The lowest BCUT2D eigenvalue weighted by Crippen LogP contribution is -2.02. The van der Waals surface area contributed by atoms with Gasteiger partial charge in [-0.1, -0.05) is 11.6 Å². The van der Waals surface area contributed by atoms with E-state index in [0.29, 0.717) is 22.9 Å². The monoisotopic (exact) mass is 407 g/mol. The van der Waals surface area contributed by atoms with Gasteiger partial charge < -0.3 is 15.2 Å². The number of anilines is 1. The lowest BCUT2D eigenvalue weighted by Gasteiger charge is -2.12. The molecule has 0 aliphatic heterocycles. The average molecular weight is 408 g/mol. The van der Waals surface area contributed by atoms with E-state index in [4.69, 9.17) is 16.3 Å². The first-order valence-corrected chi connectivity index (χ1v) is 7.21. The highest BCUT2D eigenvalue weighted by molar-refractivity contribution is 14.1. The lowest BCUT2D eigenvalue weighted by atomic mass is 10.1. The molecule has 6 heteroatoms. The molecule has 0 radical (unpaired) electrons. The highest BCUT2D eigenvalue weighted by atomic mass is 127. The molecular weight excluding hydrogens is 396 g/mol. The predicted molar refractivity (Wildman–Crippen MR) is 86.1 cm³/mol. The number of aromatic hydroxyl groups is 1. The van der Waals surface area contributed by atoms with Gasteiger partial charge in [0.15, 0.2) is 11.5 Å². The van der Waals surface area contributed by atoms with Crippen molar-refractivity contribution in [2.75, 3.05) is 12.4 Å². The van der Waals surface area contributed by atoms with E-state index in [9.17, 15) is 9.50 Å². The first kappa shape index (κ1) is 15.2. The Kier molecular flexibility index (Phi) is 4.93. The minimum atomic E-state index is -0.285. The zero-order valence-corrected chi connectivity index (χ0v) is 13.5. The van der Waals surface area contributed by atoms with E-state index < -0.39 is 0 Å². The topological polar surface area (TPSA) is 41.5 Å². The third-order valence-corrected chi connectivity index (χ3v) is 3.85. The molecule has 0 aliphatic carbocycles. The van der Waals surface area contributed by atoms with Crippen LogP contribution in [-0.4, -0.2) is 12.2 Å². The summed E-state index contributed by atoms with van der Waals surface area (Å²) in [4.78, 5) is 0. The fraction of sp³-hybridized carbons (Fsp3) is 0.143. The zero-order chi connectivity index (χ0) is 14.7. The number of hydrogen-bond donors (Lipinski definition) is 2. The number of nitrogens with one attached hydrogen (secondary N) is 1. The number of methoxy groups -OCH3 is 1. The minimum Gasteiger partial charge on any atom is -0.504 e. The first-order valence-electron chi connectivity index (χ1n) is 5.75. The van der Waals surface area contributed by atoms with Crippen molar-refractivity contribution >= 4 is 39.9 Å². The molecule has 0 saturated heterocycles.